The van der Waals surface area contributed by atoms with Crippen LogP contribution in [0, 0.1) is 12.7 Å². The predicted molar refractivity (Wildman–Crippen MR) is 121 cm³/mol. The fourth-order valence-corrected chi connectivity index (χ4v) is 4.23. The second-order valence-electron chi connectivity index (χ2n) is 8.11. The third kappa shape index (κ3) is 4.25. The average molecular weight is 442 g/mol. The van der Waals surface area contributed by atoms with Gasteiger partial charge in [-0.25, -0.2) is 14.2 Å². The summed E-state index contributed by atoms with van der Waals surface area (Å²) in [6, 6.07) is 6.86. The number of piperazine rings is 1. The number of anilines is 3. The molecule has 1 saturated heterocycles. The van der Waals surface area contributed by atoms with Crippen LogP contribution in [0.2, 0.25) is 0 Å². The van der Waals surface area contributed by atoms with Crippen LogP contribution < -0.4 is 15.5 Å². The van der Waals surface area contributed by atoms with Gasteiger partial charge in [-0.05, 0) is 31.5 Å². The minimum Gasteiger partial charge on any atom is -0.464 e. The monoisotopic (exact) mass is 441 g/mol. The number of methoxy groups -OCH3 is 1. The van der Waals surface area contributed by atoms with E-state index in [0.29, 0.717) is 29.9 Å². The van der Waals surface area contributed by atoms with Crippen LogP contribution in [0.5, 0.6) is 0 Å². The van der Waals surface area contributed by atoms with Crippen LogP contribution in [0.4, 0.5) is 21.5 Å². The van der Waals surface area contributed by atoms with Crippen molar-refractivity contribution in [2.45, 2.75) is 32.9 Å². The van der Waals surface area contributed by atoms with Gasteiger partial charge in [0.1, 0.15) is 17.4 Å². The fourth-order valence-electron chi connectivity index (χ4n) is 4.23. The number of carbonyl (C=O) groups is 2. The van der Waals surface area contributed by atoms with Crippen molar-refractivity contribution >= 4 is 28.9 Å². The highest BCUT2D eigenvalue weighted by Gasteiger charge is 2.28. The van der Waals surface area contributed by atoms with Gasteiger partial charge in [0.25, 0.3) is 0 Å². The number of esters is 1. The Kier molecular flexibility index (Phi) is 6.27. The van der Waals surface area contributed by atoms with Crippen molar-refractivity contribution in [3.8, 4) is 0 Å². The highest BCUT2D eigenvalue weighted by molar-refractivity contribution is 6.03. The molecule has 9 heteroatoms. The molecule has 1 aromatic heterocycles. The highest BCUT2D eigenvalue weighted by Crippen LogP contribution is 2.33. The van der Waals surface area contributed by atoms with Gasteiger partial charge >= 0.3 is 5.97 Å². The lowest BCUT2D eigenvalue weighted by atomic mass is 10.1. The minimum absolute atomic E-state index is 0.202. The maximum Gasteiger partial charge on any atom is 0.356 e. The number of pyridine rings is 1. The number of aryl methyl sites for hydroxylation is 1. The summed E-state index contributed by atoms with van der Waals surface area (Å²) in [6.07, 6.45) is 0.638. The second kappa shape index (κ2) is 9.12. The first-order chi connectivity index (χ1) is 15.4. The molecule has 8 nitrogen and oxygen atoms in total. The number of fused-ring (bicyclic) bond motifs is 1. The summed E-state index contributed by atoms with van der Waals surface area (Å²) < 4.78 is 19.8. The standard InChI is InChI=1S/C23H28FN5O3/c1-4-16-22(30)27-21-17(26-16)6-5-15(20(21)24)13-28-9-11-29(12-10-28)19-8-7-18(23(31)32-3)25-14(19)2/h5-8,16,26H,4,9-13H2,1-3H3,(H,27,30). The summed E-state index contributed by atoms with van der Waals surface area (Å²) in [4.78, 5) is 32.6. The zero-order valence-electron chi connectivity index (χ0n) is 18.6. The van der Waals surface area contributed by atoms with Crippen molar-refractivity contribution in [3.05, 3.63) is 47.0 Å². The molecule has 1 amide bonds. The van der Waals surface area contributed by atoms with Gasteiger partial charge < -0.3 is 20.3 Å². The normalized spacial score (nSPS) is 18.6. The molecule has 1 fully saturated rings. The van der Waals surface area contributed by atoms with E-state index >= 15 is 4.39 Å². The molecule has 1 atom stereocenters. The predicted octanol–water partition coefficient (Wildman–Crippen LogP) is 2.78. The molecule has 3 heterocycles. The number of hydrogen-bond acceptors (Lipinski definition) is 7. The summed E-state index contributed by atoms with van der Waals surface area (Å²) in [6.45, 7) is 7.32. The van der Waals surface area contributed by atoms with Crippen molar-refractivity contribution in [2.24, 2.45) is 0 Å². The highest BCUT2D eigenvalue weighted by atomic mass is 19.1. The van der Waals surface area contributed by atoms with Gasteiger partial charge in [-0.15, -0.1) is 0 Å². The first kappa shape index (κ1) is 22.0. The van der Waals surface area contributed by atoms with Crippen LogP contribution in [0.15, 0.2) is 24.3 Å². The molecule has 2 aromatic rings. The van der Waals surface area contributed by atoms with Gasteiger partial charge in [0, 0.05) is 38.3 Å². The number of amides is 1. The van der Waals surface area contributed by atoms with E-state index in [-0.39, 0.29) is 23.5 Å². The summed E-state index contributed by atoms with van der Waals surface area (Å²) >= 11 is 0. The molecule has 4 rings (SSSR count). The molecule has 170 valence electrons. The molecule has 1 aromatic carbocycles. The number of nitrogens with one attached hydrogen (secondary N) is 2. The molecule has 1 unspecified atom stereocenters. The van der Waals surface area contributed by atoms with Crippen molar-refractivity contribution < 1.29 is 18.7 Å². The Balaban J connectivity index is 1.40. The molecular formula is C23H28FN5O3. The first-order valence-electron chi connectivity index (χ1n) is 10.8. The molecule has 0 aliphatic carbocycles. The zero-order chi connectivity index (χ0) is 22.8. The minimum atomic E-state index is -0.451. The second-order valence-corrected chi connectivity index (χ2v) is 8.11. The molecule has 0 spiro atoms. The lowest BCUT2D eigenvalue weighted by Gasteiger charge is -2.37. The van der Waals surface area contributed by atoms with Gasteiger partial charge in [0.05, 0.1) is 24.2 Å². The Hall–Kier alpha value is -3.20. The van der Waals surface area contributed by atoms with E-state index in [1.807, 2.05) is 26.0 Å². The van der Waals surface area contributed by atoms with Crippen molar-refractivity contribution in [1.29, 1.82) is 0 Å². The largest absolute Gasteiger partial charge is 0.464 e. The SMILES string of the molecule is CCC1Nc2ccc(CN3CCN(c4ccc(C(=O)OC)nc4C)CC3)c(F)c2NC1=O. The number of nitrogens with zero attached hydrogens (tertiary/aromatic N) is 3. The molecule has 2 aliphatic heterocycles. The van der Waals surface area contributed by atoms with Crippen molar-refractivity contribution in [2.75, 3.05) is 48.8 Å². The zero-order valence-corrected chi connectivity index (χ0v) is 18.6. The van der Waals surface area contributed by atoms with Gasteiger partial charge in [-0.1, -0.05) is 13.0 Å². The van der Waals surface area contributed by atoms with Crippen molar-refractivity contribution in [1.82, 2.24) is 9.88 Å². The van der Waals surface area contributed by atoms with Crippen LogP contribution in [0.25, 0.3) is 0 Å². The molecule has 2 aliphatic rings. The van der Waals surface area contributed by atoms with Gasteiger partial charge in [0.15, 0.2) is 5.82 Å². The molecule has 0 bridgehead atoms. The van der Waals surface area contributed by atoms with E-state index in [1.165, 1.54) is 7.11 Å². The summed E-state index contributed by atoms with van der Waals surface area (Å²) in [5.41, 5.74) is 3.48. The third-order valence-corrected chi connectivity index (χ3v) is 6.08. The molecule has 32 heavy (non-hydrogen) atoms. The summed E-state index contributed by atoms with van der Waals surface area (Å²) in [5.74, 6) is -1.03. The summed E-state index contributed by atoms with van der Waals surface area (Å²) in [5, 5.41) is 5.82. The van der Waals surface area contributed by atoms with Gasteiger partial charge in [-0.3, -0.25) is 9.69 Å². The number of aromatic nitrogens is 1. The Morgan fingerprint density at radius 3 is 2.62 bits per heavy atom. The molecule has 0 saturated carbocycles. The average Bonchev–Trinajstić information content (AvgIpc) is 2.81. The Morgan fingerprint density at radius 1 is 1.22 bits per heavy atom. The molecule has 2 N–H and O–H groups in total. The fraction of sp³-hybridized carbons (Fsp3) is 0.435. The van der Waals surface area contributed by atoms with Crippen LogP contribution in [0.1, 0.15) is 35.1 Å². The number of benzene rings is 1. The van der Waals surface area contributed by atoms with Gasteiger partial charge in [-0.2, -0.15) is 0 Å². The number of halogens is 1. The van der Waals surface area contributed by atoms with E-state index in [4.69, 9.17) is 4.74 Å². The van der Waals surface area contributed by atoms with E-state index < -0.39 is 5.97 Å². The maximum atomic E-state index is 15.1. The molecule has 0 radical (unpaired) electrons. The van der Waals surface area contributed by atoms with Crippen LogP contribution >= 0.6 is 0 Å². The van der Waals surface area contributed by atoms with E-state index in [1.54, 1.807) is 12.1 Å². The smallest absolute Gasteiger partial charge is 0.356 e. The van der Waals surface area contributed by atoms with Crippen LogP contribution in [-0.4, -0.2) is 61.1 Å². The van der Waals surface area contributed by atoms with E-state index in [0.717, 1.165) is 37.6 Å². The quantitative estimate of drug-likeness (QED) is 0.690. The van der Waals surface area contributed by atoms with E-state index in [9.17, 15) is 9.59 Å². The third-order valence-electron chi connectivity index (χ3n) is 6.08. The summed E-state index contributed by atoms with van der Waals surface area (Å²) in [7, 11) is 1.34. The number of hydrogen-bond donors (Lipinski definition) is 2. The Bertz CT molecular complexity index is 1040. The lowest BCUT2D eigenvalue weighted by Crippen LogP contribution is -2.46. The van der Waals surface area contributed by atoms with E-state index in [2.05, 4.69) is 25.4 Å². The van der Waals surface area contributed by atoms with Crippen LogP contribution in [-0.2, 0) is 16.1 Å². The van der Waals surface area contributed by atoms with Crippen molar-refractivity contribution in [3.63, 3.8) is 0 Å². The number of rotatable bonds is 5. The Morgan fingerprint density at radius 2 is 1.97 bits per heavy atom. The topological polar surface area (TPSA) is 86.8 Å². The lowest BCUT2D eigenvalue weighted by molar-refractivity contribution is -0.117. The number of ether oxygens (including phenoxy) is 1. The van der Waals surface area contributed by atoms with Gasteiger partial charge in [0.2, 0.25) is 5.91 Å². The first-order valence-corrected chi connectivity index (χ1v) is 10.8. The molecular weight excluding hydrogens is 413 g/mol. The Labute approximate surface area is 186 Å². The number of carbonyl (C=O) groups excluding carboxylic acids is 2. The maximum absolute atomic E-state index is 15.1. The van der Waals surface area contributed by atoms with Crippen LogP contribution in [0.3, 0.4) is 0 Å².